The third-order valence-corrected chi connectivity index (χ3v) is 5.50. The summed E-state index contributed by atoms with van der Waals surface area (Å²) < 4.78 is 37.6. The zero-order valence-corrected chi connectivity index (χ0v) is 20.1. The Hall–Kier alpha value is -2.50. The van der Waals surface area contributed by atoms with Crippen molar-refractivity contribution in [3.63, 3.8) is 0 Å². The molecule has 0 fully saturated rings. The number of nitrogens with zero attached hydrogens (tertiary/aromatic N) is 1. The first-order valence-corrected chi connectivity index (χ1v) is 11.6. The van der Waals surface area contributed by atoms with E-state index in [0.29, 0.717) is 24.1 Å². The number of nitrogens with one attached hydrogen (secondary N) is 3. The predicted molar refractivity (Wildman–Crippen MR) is 123 cm³/mol. The number of carboxylic acid groups (broad SMARTS) is 1. The number of anilines is 1. The maximum absolute atomic E-state index is 14.1. The lowest BCUT2D eigenvalue weighted by molar-refractivity contribution is 0.0690. The smallest absolute Gasteiger partial charge is 0.344 e. The van der Waals surface area contributed by atoms with Crippen LogP contribution in [0.4, 0.5) is 18.6 Å². The molecule has 2 rings (SSSR count). The summed E-state index contributed by atoms with van der Waals surface area (Å²) in [7, 11) is 0. The van der Waals surface area contributed by atoms with Gasteiger partial charge in [0.2, 0.25) is 5.88 Å². The summed E-state index contributed by atoms with van der Waals surface area (Å²) in [6.07, 6.45) is 1.47. The first kappa shape index (κ1) is 26.7. The molecule has 12 heteroatoms. The fourth-order valence-corrected chi connectivity index (χ4v) is 3.87. The summed E-state index contributed by atoms with van der Waals surface area (Å²) in [4.78, 5) is 23.9. The van der Waals surface area contributed by atoms with Crippen molar-refractivity contribution in [2.75, 3.05) is 18.4 Å². The van der Waals surface area contributed by atoms with E-state index in [9.17, 15) is 23.5 Å². The van der Waals surface area contributed by atoms with E-state index in [1.165, 1.54) is 6.92 Å². The molecule has 0 radical (unpaired) electrons. The van der Waals surface area contributed by atoms with Gasteiger partial charge in [-0.15, -0.1) is 0 Å². The third kappa shape index (κ3) is 8.09. The molecule has 1 heterocycles. The van der Waals surface area contributed by atoms with Gasteiger partial charge < -0.3 is 20.5 Å². The molecule has 1 atom stereocenters. The van der Waals surface area contributed by atoms with Crippen LogP contribution in [0.25, 0.3) is 0 Å². The van der Waals surface area contributed by atoms with E-state index in [1.807, 2.05) is 0 Å². The van der Waals surface area contributed by atoms with Gasteiger partial charge in [-0.3, -0.25) is 5.32 Å². The Morgan fingerprint density at radius 1 is 1.15 bits per heavy atom. The molecule has 4 N–H and O–H groups in total. The van der Waals surface area contributed by atoms with E-state index in [1.54, 1.807) is 0 Å². The molecule has 1 aromatic heterocycles. The van der Waals surface area contributed by atoms with Crippen LogP contribution < -0.4 is 20.7 Å². The van der Waals surface area contributed by atoms with Crippen molar-refractivity contribution >= 4 is 40.1 Å². The van der Waals surface area contributed by atoms with Crippen LogP contribution >= 0.6 is 23.1 Å². The van der Waals surface area contributed by atoms with Crippen LogP contribution in [0, 0.1) is 11.6 Å². The van der Waals surface area contributed by atoms with Gasteiger partial charge in [0.1, 0.15) is 22.7 Å². The average molecular weight is 505 g/mol. The van der Waals surface area contributed by atoms with Gasteiger partial charge in [-0.1, -0.05) is 31.9 Å². The SMILES string of the molecule is CC(C)NCCCCCNC(=O)Nc1snc(OC(C)c2c(F)cc(Cl)cc2F)c1C(=O)O. The molecule has 2 amide bonds. The molecule has 1 aromatic carbocycles. The second kappa shape index (κ2) is 12.7. The lowest BCUT2D eigenvalue weighted by Crippen LogP contribution is -2.30. The van der Waals surface area contributed by atoms with Crippen LogP contribution in [-0.4, -0.2) is 40.6 Å². The van der Waals surface area contributed by atoms with Crippen molar-refractivity contribution in [3.05, 3.63) is 39.9 Å². The van der Waals surface area contributed by atoms with Crippen LogP contribution in [0.5, 0.6) is 5.88 Å². The Bertz CT molecular complexity index is 951. The fraction of sp³-hybridized carbons (Fsp3) is 0.476. The highest BCUT2D eigenvalue weighted by Crippen LogP contribution is 2.35. The Balaban J connectivity index is 1.96. The summed E-state index contributed by atoms with van der Waals surface area (Å²) in [5, 5.41) is 17.8. The van der Waals surface area contributed by atoms with Crippen molar-refractivity contribution in [1.29, 1.82) is 0 Å². The maximum atomic E-state index is 14.1. The molecule has 0 saturated heterocycles. The van der Waals surface area contributed by atoms with Crippen molar-refractivity contribution in [2.45, 2.75) is 52.2 Å². The number of benzene rings is 1. The number of aromatic carboxylic acids is 1. The fourth-order valence-electron chi connectivity index (χ4n) is 2.96. The zero-order chi connectivity index (χ0) is 24.5. The summed E-state index contributed by atoms with van der Waals surface area (Å²) in [5.41, 5.74) is -0.823. The van der Waals surface area contributed by atoms with Gasteiger partial charge in [-0.05, 0) is 50.0 Å². The molecule has 0 aliphatic heterocycles. The van der Waals surface area contributed by atoms with Crippen molar-refractivity contribution < 1.29 is 28.2 Å². The number of carbonyl (C=O) groups excluding carboxylic acids is 1. The predicted octanol–water partition coefficient (Wildman–Crippen LogP) is 5.20. The zero-order valence-electron chi connectivity index (χ0n) is 18.5. The van der Waals surface area contributed by atoms with Gasteiger partial charge >= 0.3 is 12.0 Å². The number of carbonyl (C=O) groups is 2. The van der Waals surface area contributed by atoms with Gasteiger partial charge in [-0.2, -0.15) is 4.37 Å². The lowest BCUT2D eigenvalue weighted by atomic mass is 10.1. The van der Waals surface area contributed by atoms with Gasteiger partial charge in [-0.25, -0.2) is 18.4 Å². The summed E-state index contributed by atoms with van der Waals surface area (Å²) >= 11 is 6.32. The second-order valence-corrected chi connectivity index (χ2v) is 8.80. The number of unbranched alkanes of at least 4 members (excludes halogenated alkanes) is 2. The lowest BCUT2D eigenvalue weighted by Gasteiger charge is -2.15. The quantitative estimate of drug-likeness (QED) is 0.295. The first-order chi connectivity index (χ1) is 15.6. The molecule has 1 unspecified atom stereocenters. The highest BCUT2D eigenvalue weighted by Gasteiger charge is 2.27. The number of hydrogen-bond acceptors (Lipinski definition) is 6. The number of aromatic nitrogens is 1. The highest BCUT2D eigenvalue weighted by atomic mass is 35.5. The number of amides is 2. The average Bonchev–Trinajstić information content (AvgIpc) is 3.08. The molecule has 182 valence electrons. The third-order valence-electron chi connectivity index (χ3n) is 4.53. The standard InChI is InChI=1S/C21H27ClF2N4O4S/c1-11(2)25-7-5-4-6-8-26-21(31)27-19-17(20(29)30)18(28-33-19)32-12(3)16-14(23)9-13(22)10-15(16)24/h9-12,25H,4-8H2,1-3H3,(H,29,30)(H2,26,27,31). The minimum Gasteiger partial charge on any atom is -0.477 e. The monoisotopic (exact) mass is 504 g/mol. The van der Waals surface area contributed by atoms with E-state index in [4.69, 9.17) is 16.3 Å². The van der Waals surface area contributed by atoms with Crippen LogP contribution in [0.1, 0.15) is 62.1 Å². The minimum absolute atomic E-state index is 0.0552. The van der Waals surface area contributed by atoms with Crippen molar-refractivity contribution in [3.8, 4) is 5.88 Å². The van der Waals surface area contributed by atoms with Crippen LogP contribution in [0.2, 0.25) is 5.02 Å². The van der Waals surface area contributed by atoms with E-state index in [-0.39, 0.29) is 15.9 Å². The van der Waals surface area contributed by atoms with E-state index >= 15 is 0 Å². The number of rotatable bonds is 12. The molecule has 2 aromatic rings. The Morgan fingerprint density at radius 2 is 1.79 bits per heavy atom. The van der Waals surface area contributed by atoms with E-state index in [2.05, 4.69) is 34.2 Å². The number of halogens is 3. The molecular formula is C21H27ClF2N4O4S. The maximum Gasteiger partial charge on any atom is 0.344 e. The summed E-state index contributed by atoms with van der Waals surface area (Å²) in [6.45, 7) is 6.81. The first-order valence-electron chi connectivity index (χ1n) is 10.4. The normalized spacial score (nSPS) is 12.0. The molecule has 8 nitrogen and oxygen atoms in total. The summed E-state index contributed by atoms with van der Waals surface area (Å²) in [5.74, 6) is -3.63. The minimum atomic E-state index is -1.41. The molecule has 0 saturated carbocycles. The number of carboxylic acids is 1. The number of ether oxygens (including phenoxy) is 1. The van der Waals surface area contributed by atoms with E-state index in [0.717, 1.165) is 37.9 Å². The van der Waals surface area contributed by atoms with Crippen molar-refractivity contribution in [1.82, 2.24) is 15.0 Å². The molecule has 33 heavy (non-hydrogen) atoms. The summed E-state index contributed by atoms with van der Waals surface area (Å²) in [6, 6.07) is 1.70. The highest BCUT2D eigenvalue weighted by molar-refractivity contribution is 7.11. The van der Waals surface area contributed by atoms with Gasteiger partial charge in [0.15, 0.2) is 5.56 Å². The topological polar surface area (TPSA) is 113 Å². The molecular weight excluding hydrogens is 478 g/mol. The molecule has 0 aliphatic carbocycles. The Morgan fingerprint density at radius 3 is 2.39 bits per heavy atom. The Kier molecular flexibility index (Phi) is 10.3. The van der Waals surface area contributed by atoms with Gasteiger partial charge in [0, 0.05) is 17.6 Å². The number of urea groups is 1. The van der Waals surface area contributed by atoms with Crippen LogP contribution in [0.15, 0.2) is 12.1 Å². The molecule has 0 bridgehead atoms. The number of hydrogen-bond donors (Lipinski definition) is 4. The second-order valence-electron chi connectivity index (χ2n) is 7.59. The van der Waals surface area contributed by atoms with Gasteiger partial charge in [0.25, 0.3) is 0 Å². The molecule has 0 aliphatic rings. The largest absolute Gasteiger partial charge is 0.477 e. The van der Waals surface area contributed by atoms with Crippen LogP contribution in [0.3, 0.4) is 0 Å². The van der Waals surface area contributed by atoms with Crippen molar-refractivity contribution in [2.24, 2.45) is 0 Å². The molecule has 0 spiro atoms. The van der Waals surface area contributed by atoms with Gasteiger partial charge in [0.05, 0.1) is 5.56 Å². The van der Waals surface area contributed by atoms with Crippen LogP contribution in [-0.2, 0) is 0 Å². The Labute approximate surface area is 199 Å². The van der Waals surface area contributed by atoms with E-state index < -0.39 is 40.9 Å².